The van der Waals surface area contributed by atoms with Gasteiger partial charge in [-0.2, -0.15) is 0 Å². The zero-order chi connectivity index (χ0) is 29.6. The maximum Gasteiger partial charge on any atom is 0.139 e. The van der Waals surface area contributed by atoms with Crippen LogP contribution in [0.2, 0.25) is 5.54 Å². The molecule has 0 saturated heterocycles. The summed E-state index contributed by atoms with van der Waals surface area (Å²) in [7, 11) is -2.54. The molecular weight excluding hydrogens is 521 g/mol. The summed E-state index contributed by atoms with van der Waals surface area (Å²) in [5.74, 6) is 0.532. The second kappa shape index (κ2) is 10.9. The smallest absolute Gasteiger partial charge is 0.0756 e. The van der Waals surface area contributed by atoms with Crippen LogP contribution >= 0.6 is 0 Å². The molecule has 0 nitrogen and oxygen atoms in total. The van der Waals surface area contributed by atoms with Crippen LogP contribution < -0.4 is 10.4 Å². The van der Waals surface area contributed by atoms with Crippen LogP contribution in [0.4, 0.5) is 0 Å². The van der Waals surface area contributed by atoms with Gasteiger partial charge in [0.05, 0.1) is 0 Å². The first-order chi connectivity index (χ1) is 20.1. The molecule has 0 aliphatic heterocycles. The number of hydrogen-bond acceptors (Lipinski definition) is 0. The SMILES string of the molecule is CC1=CC(C(C)(C)C)=CC1[Si](c1ccccc1)(c1ccccc1)C1C(C)=Cc2c(-c3ccc(C(C)C)cc3)cccc21. The topological polar surface area (TPSA) is 0 Å². The molecule has 2 unspecified atom stereocenters. The quantitative estimate of drug-likeness (QED) is 0.204. The Kier molecular flexibility index (Phi) is 7.35. The third-order valence-electron chi connectivity index (χ3n) is 9.70. The summed E-state index contributed by atoms with van der Waals surface area (Å²) in [4.78, 5) is 0. The maximum atomic E-state index is 2.65. The summed E-state index contributed by atoms with van der Waals surface area (Å²) in [5.41, 5.74) is 12.2. The zero-order valence-electron chi connectivity index (χ0n) is 26.3. The summed E-state index contributed by atoms with van der Waals surface area (Å²) in [6.45, 7) is 16.4. The minimum atomic E-state index is -2.54. The minimum absolute atomic E-state index is 0.108. The van der Waals surface area contributed by atoms with E-state index in [1.165, 1.54) is 54.9 Å². The lowest BCUT2D eigenvalue weighted by atomic mass is 9.87. The van der Waals surface area contributed by atoms with Gasteiger partial charge in [0.2, 0.25) is 0 Å². The van der Waals surface area contributed by atoms with E-state index in [1.807, 2.05) is 0 Å². The second-order valence-corrected chi connectivity index (χ2v) is 17.8. The van der Waals surface area contributed by atoms with E-state index in [0.717, 1.165) is 0 Å². The van der Waals surface area contributed by atoms with Gasteiger partial charge in [-0.15, -0.1) is 0 Å². The average molecular weight is 565 g/mol. The van der Waals surface area contributed by atoms with E-state index in [0.29, 0.717) is 17.0 Å². The average Bonchev–Trinajstić information content (AvgIpc) is 3.55. The van der Waals surface area contributed by atoms with Crippen molar-refractivity contribution in [2.45, 2.75) is 65.5 Å². The summed E-state index contributed by atoms with van der Waals surface area (Å²) >= 11 is 0. The fourth-order valence-corrected chi connectivity index (χ4v) is 13.9. The van der Waals surface area contributed by atoms with Crippen LogP contribution in [0.3, 0.4) is 0 Å². The molecule has 2 aliphatic rings. The molecule has 0 N–H and O–H groups in total. The van der Waals surface area contributed by atoms with Crippen molar-refractivity contribution in [3.8, 4) is 11.1 Å². The number of allylic oxidation sites excluding steroid dienone is 5. The molecule has 0 spiro atoms. The number of hydrogen-bond donors (Lipinski definition) is 0. The Balaban J connectivity index is 1.63. The van der Waals surface area contributed by atoms with Crippen molar-refractivity contribution in [2.24, 2.45) is 5.41 Å². The van der Waals surface area contributed by atoms with Crippen LogP contribution in [-0.2, 0) is 0 Å². The highest BCUT2D eigenvalue weighted by molar-refractivity contribution is 7.05. The molecule has 0 radical (unpaired) electrons. The zero-order valence-corrected chi connectivity index (χ0v) is 27.3. The molecule has 2 aliphatic carbocycles. The van der Waals surface area contributed by atoms with Crippen LogP contribution in [0.5, 0.6) is 0 Å². The van der Waals surface area contributed by atoms with Gasteiger partial charge in [-0.3, -0.25) is 0 Å². The van der Waals surface area contributed by atoms with Gasteiger partial charge in [0, 0.05) is 11.1 Å². The summed E-state index contributed by atoms with van der Waals surface area (Å²) in [6, 6.07) is 39.4. The van der Waals surface area contributed by atoms with Crippen molar-refractivity contribution >= 4 is 24.5 Å². The third-order valence-corrected chi connectivity index (χ3v) is 15.6. The van der Waals surface area contributed by atoms with Crippen molar-refractivity contribution in [2.75, 3.05) is 0 Å². The predicted octanol–water partition coefficient (Wildman–Crippen LogP) is 10.1. The molecule has 0 bridgehead atoms. The molecular formula is C41H44Si. The van der Waals surface area contributed by atoms with Gasteiger partial charge in [-0.05, 0) is 58.6 Å². The van der Waals surface area contributed by atoms with Crippen LogP contribution in [0.15, 0.2) is 132 Å². The number of rotatable bonds is 6. The maximum absolute atomic E-state index is 2.65. The molecule has 42 heavy (non-hydrogen) atoms. The largest absolute Gasteiger partial charge is 0.139 e. The van der Waals surface area contributed by atoms with Crippen molar-refractivity contribution in [3.05, 3.63) is 149 Å². The van der Waals surface area contributed by atoms with Gasteiger partial charge in [-0.1, -0.05) is 177 Å². The lowest BCUT2D eigenvalue weighted by molar-refractivity contribution is 0.517. The first kappa shape index (κ1) is 28.4. The number of benzene rings is 4. The molecule has 0 aromatic heterocycles. The van der Waals surface area contributed by atoms with Crippen LogP contribution in [0.25, 0.3) is 17.2 Å². The molecule has 4 aromatic carbocycles. The third kappa shape index (κ3) is 4.69. The fourth-order valence-electron chi connectivity index (χ4n) is 7.57. The van der Waals surface area contributed by atoms with E-state index in [4.69, 9.17) is 0 Å². The van der Waals surface area contributed by atoms with Gasteiger partial charge in [0.15, 0.2) is 0 Å². The van der Waals surface area contributed by atoms with Crippen molar-refractivity contribution in [3.63, 3.8) is 0 Å². The van der Waals surface area contributed by atoms with Gasteiger partial charge in [-0.25, -0.2) is 0 Å². The van der Waals surface area contributed by atoms with E-state index >= 15 is 0 Å². The highest BCUT2D eigenvalue weighted by Gasteiger charge is 2.54. The first-order valence-corrected chi connectivity index (χ1v) is 17.7. The predicted molar refractivity (Wildman–Crippen MR) is 185 cm³/mol. The highest BCUT2D eigenvalue weighted by atomic mass is 28.3. The highest BCUT2D eigenvalue weighted by Crippen LogP contribution is 2.53. The first-order valence-electron chi connectivity index (χ1n) is 15.6. The molecule has 1 heteroatoms. The van der Waals surface area contributed by atoms with E-state index in [2.05, 4.69) is 170 Å². The summed E-state index contributed by atoms with van der Waals surface area (Å²) in [5, 5.41) is 3.02. The van der Waals surface area contributed by atoms with Crippen LogP contribution in [0, 0.1) is 5.41 Å². The lowest BCUT2D eigenvalue weighted by Gasteiger charge is -2.44. The van der Waals surface area contributed by atoms with Gasteiger partial charge in [0.1, 0.15) is 8.07 Å². The van der Waals surface area contributed by atoms with E-state index in [-0.39, 0.29) is 5.41 Å². The van der Waals surface area contributed by atoms with E-state index in [9.17, 15) is 0 Å². The Morgan fingerprint density at radius 3 is 1.76 bits per heavy atom. The van der Waals surface area contributed by atoms with Crippen LogP contribution in [-0.4, -0.2) is 8.07 Å². The molecule has 0 saturated carbocycles. The Hall–Kier alpha value is -3.68. The number of fused-ring (bicyclic) bond motifs is 1. The molecule has 4 aromatic rings. The molecule has 2 atom stereocenters. The van der Waals surface area contributed by atoms with Gasteiger partial charge < -0.3 is 0 Å². The Labute approximate surface area is 254 Å². The standard InChI is InChI=1S/C41H44Si/c1-28(2)31-21-23-32(24-22-31)36-19-14-20-37-38(36)26-30(4)40(37)42(34-15-10-8-11-16-34,35-17-12-9-13-18-35)39-27-33(25-29(39)3)41(5,6)7/h8-28,39-40H,1-7H3. The van der Waals surface area contributed by atoms with Gasteiger partial charge in [0.25, 0.3) is 0 Å². The molecule has 212 valence electrons. The van der Waals surface area contributed by atoms with Gasteiger partial charge >= 0.3 is 0 Å². The molecule has 0 heterocycles. The molecule has 0 amide bonds. The monoisotopic (exact) mass is 564 g/mol. The molecule has 0 fully saturated rings. The Morgan fingerprint density at radius 1 is 0.643 bits per heavy atom. The van der Waals surface area contributed by atoms with Crippen molar-refractivity contribution < 1.29 is 0 Å². The fraction of sp³-hybridized carbons (Fsp3) is 0.268. The Bertz CT molecular complexity index is 1640. The summed E-state index contributed by atoms with van der Waals surface area (Å²) in [6.07, 6.45) is 7.67. The van der Waals surface area contributed by atoms with Crippen LogP contribution in [0.1, 0.15) is 76.6 Å². The minimum Gasteiger partial charge on any atom is -0.0756 e. The normalized spacial score (nSPS) is 18.5. The van der Waals surface area contributed by atoms with Crippen molar-refractivity contribution in [1.82, 2.24) is 0 Å². The summed E-state index contributed by atoms with van der Waals surface area (Å²) < 4.78 is 0. The molecule has 6 rings (SSSR count). The lowest BCUT2D eigenvalue weighted by Crippen LogP contribution is -2.65. The Morgan fingerprint density at radius 2 is 1.24 bits per heavy atom. The van der Waals surface area contributed by atoms with E-state index < -0.39 is 8.07 Å². The van der Waals surface area contributed by atoms with E-state index in [1.54, 1.807) is 0 Å². The second-order valence-electron chi connectivity index (χ2n) is 13.7. The van der Waals surface area contributed by atoms with Crippen molar-refractivity contribution in [1.29, 1.82) is 0 Å².